The maximum atomic E-state index is 12.1. The highest BCUT2D eigenvalue weighted by Crippen LogP contribution is 2.18. The van der Waals surface area contributed by atoms with E-state index in [1.54, 1.807) is 36.7 Å². The monoisotopic (exact) mass is 316 g/mol. The molecule has 2 aromatic carbocycles. The first-order valence-electron chi connectivity index (χ1n) is 7.55. The van der Waals surface area contributed by atoms with Crippen LogP contribution in [0.15, 0.2) is 89.4 Å². The van der Waals surface area contributed by atoms with Gasteiger partial charge in [-0.25, -0.2) is 0 Å². The number of azo groups is 1. The van der Waals surface area contributed by atoms with Crippen molar-refractivity contribution in [2.45, 2.75) is 6.54 Å². The zero-order valence-electron chi connectivity index (χ0n) is 13.0. The maximum Gasteiger partial charge on any atom is 0.251 e. The van der Waals surface area contributed by atoms with Gasteiger partial charge in [-0.2, -0.15) is 10.2 Å². The molecule has 118 valence electrons. The average molecular weight is 316 g/mol. The fourth-order valence-electron chi connectivity index (χ4n) is 2.08. The fourth-order valence-corrected chi connectivity index (χ4v) is 2.08. The maximum absolute atomic E-state index is 12.1. The second-order valence-corrected chi connectivity index (χ2v) is 5.13. The van der Waals surface area contributed by atoms with Crippen LogP contribution in [0.1, 0.15) is 15.9 Å². The smallest absolute Gasteiger partial charge is 0.251 e. The molecule has 1 heterocycles. The van der Waals surface area contributed by atoms with Crippen molar-refractivity contribution in [3.8, 4) is 0 Å². The van der Waals surface area contributed by atoms with Crippen LogP contribution in [0.2, 0.25) is 0 Å². The van der Waals surface area contributed by atoms with Gasteiger partial charge in [0.25, 0.3) is 5.91 Å². The number of carbonyl (C=O) groups excluding carboxylic acids is 1. The van der Waals surface area contributed by atoms with Gasteiger partial charge in [-0.05, 0) is 48.0 Å². The van der Waals surface area contributed by atoms with E-state index in [2.05, 4.69) is 20.5 Å². The largest absolute Gasteiger partial charge is 0.348 e. The molecule has 0 aliphatic carbocycles. The Balaban J connectivity index is 1.59. The summed E-state index contributed by atoms with van der Waals surface area (Å²) in [7, 11) is 0. The fraction of sp³-hybridized carbons (Fsp3) is 0.0526. The van der Waals surface area contributed by atoms with E-state index in [1.165, 1.54) is 0 Å². The second kappa shape index (κ2) is 7.78. The molecule has 0 unspecified atom stereocenters. The predicted molar refractivity (Wildman–Crippen MR) is 92.5 cm³/mol. The van der Waals surface area contributed by atoms with Crippen molar-refractivity contribution in [3.63, 3.8) is 0 Å². The first kappa shape index (κ1) is 15.6. The van der Waals surface area contributed by atoms with Crippen molar-refractivity contribution < 1.29 is 4.79 Å². The highest BCUT2D eigenvalue weighted by Gasteiger charge is 2.05. The summed E-state index contributed by atoms with van der Waals surface area (Å²) in [5.74, 6) is -0.134. The van der Waals surface area contributed by atoms with Gasteiger partial charge in [0.2, 0.25) is 0 Å². The summed E-state index contributed by atoms with van der Waals surface area (Å²) < 4.78 is 0. The van der Waals surface area contributed by atoms with Crippen molar-refractivity contribution in [2.24, 2.45) is 10.2 Å². The molecule has 0 radical (unpaired) electrons. The lowest BCUT2D eigenvalue weighted by atomic mass is 10.2. The number of nitrogens with zero attached hydrogens (tertiary/aromatic N) is 3. The molecule has 5 nitrogen and oxygen atoms in total. The van der Waals surface area contributed by atoms with E-state index < -0.39 is 0 Å². The summed E-state index contributed by atoms with van der Waals surface area (Å²) in [5.41, 5.74) is 3.02. The summed E-state index contributed by atoms with van der Waals surface area (Å²) in [6, 6.07) is 20.3. The van der Waals surface area contributed by atoms with Gasteiger partial charge in [0.1, 0.15) is 0 Å². The predicted octanol–water partition coefficient (Wildman–Crippen LogP) is 4.43. The van der Waals surface area contributed by atoms with E-state index in [4.69, 9.17) is 0 Å². The number of amides is 1. The Bertz CT molecular complexity index is 815. The first-order valence-corrected chi connectivity index (χ1v) is 7.55. The van der Waals surface area contributed by atoms with E-state index in [0.717, 1.165) is 11.3 Å². The molecule has 0 aliphatic rings. The third-order valence-electron chi connectivity index (χ3n) is 3.34. The highest BCUT2D eigenvalue weighted by molar-refractivity contribution is 5.94. The molecule has 0 fully saturated rings. The molecule has 0 spiro atoms. The molecule has 5 heteroatoms. The van der Waals surface area contributed by atoms with Gasteiger partial charge in [0, 0.05) is 24.5 Å². The molecular weight excluding hydrogens is 300 g/mol. The van der Waals surface area contributed by atoms with Gasteiger partial charge in [0.15, 0.2) is 0 Å². The number of nitrogens with one attached hydrogen (secondary N) is 1. The normalized spacial score (nSPS) is 10.7. The van der Waals surface area contributed by atoms with Crippen molar-refractivity contribution in [1.29, 1.82) is 0 Å². The molecular formula is C19H16N4O. The van der Waals surface area contributed by atoms with Gasteiger partial charge in [-0.3, -0.25) is 9.78 Å². The Kier molecular flexibility index (Phi) is 5.04. The molecule has 0 aliphatic heterocycles. The van der Waals surface area contributed by atoms with Crippen molar-refractivity contribution in [2.75, 3.05) is 0 Å². The molecule has 0 bridgehead atoms. The van der Waals surface area contributed by atoms with Crippen LogP contribution >= 0.6 is 0 Å². The van der Waals surface area contributed by atoms with E-state index in [1.807, 2.05) is 42.5 Å². The Labute approximate surface area is 140 Å². The van der Waals surface area contributed by atoms with Gasteiger partial charge < -0.3 is 5.32 Å². The Morgan fingerprint density at radius 3 is 2.25 bits per heavy atom. The Morgan fingerprint density at radius 2 is 1.58 bits per heavy atom. The lowest BCUT2D eigenvalue weighted by Gasteiger charge is -2.05. The molecule has 1 amide bonds. The van der Waals surface area contributed by atoms with Crippen LogP contribution in [-0.2, 0) is 6.54 Å². The minimum absolute atomic E-state index is 0.134. The zero-order chi connectivity index (χ0) is 16.6. The summed E-state index contributed by atoms with van der Waals surface area (Å²) >= 11 is 0. The van der Waals surface area contributed by atoms with Crippen molar-refractivity contribution in [3.05, 3.63) is 90.3 Å². The first-order chi connectivity index (χ1) is 11.8. The molecule has 3 rings (SSSR count). The van der Waals surface area contributed by atoms with E-state index in [9.17, 15) is 4.79 Å². The molecule has 0 saturated heterocycles. The van der Waals surface area contributed by atoms with Crippen LogP contribution in [0.25, 0.3) is 0 Å². The number of pyridine rings is 1. The van der Waals surface area contributed by atoms with E-state index >= 15 is 0 Å². The van der Waals surface area contributed by atoms with Crippen LogP contribution in [0.5, 0.6) is 0 Å². The van der Waals surface area contributed by atoms with Crippen LogP contribution in [0.3, 0.4) is 0 Å². The van der Waals surface area contributed by atoms with E-state index in [-0.39, 0.29) is 5.91 Å². The van der Waals surface area contributed by atoms with Gasteiger partial charge in [0.05, 0.1) is 11.4 Å². The van der Waals surface area contributed by atoms with Crippen LogP contribution in [0, 0.1) is 0 Å². The Hall–Kier alpha value is -3.34. The number of benzene rings is 2. The van der Waals surface area contributed by atoms with Crippen molar-refractivity contribution in [1.82, 2.24) is 10.3 Å². The van der Waals surface area contributed by atoms with Crippen molar-refractivity contribution >= 4 is 17.3 Å². The van der Waals surface area contributed by atoms with Gasteiger partial charge >= 0.3 is 0 Å². The average Bonchev–Trinajstić information content (AvgIpc) is 2.66. The van der Waals surface area contributed by atoms with Crippen LogP contribution < -0.4 is 5.32 Å². The number of rotatable bonds is 5. The third kappa shape index (κ3) is 4.33. The standard InChI is InChI=1S/C19H16N4O/c24-19(21-14-15-5-4-12-20-13-15)16-8-10-18(11-9-16)23-22-17-6-2-1-3-7-17/h1-13H,14H2,(H,21,24). The lowest BCUT2D eigenvalue weighted by molar-refractivity contribution is 0.0951. The van der Waals surface area contributed by atoms with Gasteiger partial charge in [-0.1, -0.05) is 24.3 Å². The minimum Gasteiger partial charge on any atom is -0.348 e. The molecule has 1 aromatic heterocycles. The molecule has 24 heavy (non-hydrogen) atoms. The summed E-state index contributed by atoms with van der Waals surface area (Å²) in [4.78, 5) is 16.1. The minimum atomic E-state index is -0.134. The SMILES string of the molecule is O=C(NCc1cccnc1)c1ccc(N=Nc2ccccc2)cc1. The van der Waals surface area contributed by atoms with E-state index in [0.29, 0.717) is 17.8 Å². The second-order valence-electron chi connectivity index (χ2n) is 5.13. The summed E-state index contributed by atoms with van der Waals surface area (Å²) in [6.45, 7) is 0.447. The lowest BCUT2D eigenvalue weighted by Crippen LogP contribution is -2.22. The van der Waals surface area contributed by atoms with Crippen LogP contribution in [-0.4, -0.2) is 10.9 Å². The number of aromatic nitrogens is 1. The highest BCUT2D eigenvalue weighted by atomic mass is 16.1. The Morgan fingerprint density at radius 1 is 0.875 bits per heavy atom. The zero-order valence-corrected chi connectivity index (χ0v) is 13.0. The quantitative estimate of drug-likeness (QED) is 0.708. The summed E-state index contributed by atoms with van der Waals surface area (Å²) in [6.07, 6.45) is 3.43. The topological polar surface area (TPSA) is 66.7 Å². The molecule has 0 atom stereocenters. The number of carbonyl (C=O) groups is 1. The molecule has 0 saturated carbocycles. The number of hydrogen-bond donors (Lipinski definition) is 1. The molecule has 1 N–H and O–H groups in total. The third-order valence-corrected chi connectivity index (χ3v) is 3.34. The number of hydrogen-bond acceptors (Lipinski definition) is 4. The van der Waals surface area contributed by atoms with Gasteiger partial charge in [-0.15, -0.1) is 0 Å². The van der Waals surface area contributed by atoms with Crippen LogP contribution in [0.4, 0.5) is 11.4 Å². The summed E-state index contributed by atoms with van der Waals surface area (Å²) in [5, 5.41) is 11.2. The molecule has 3 aromatic rings.